The molecule has 1 aliphatic carbocycles. The maximum Gasteiger partial charge on any atom is 0.229 e. The van der Waals surface area contributed by atoms with Gasteiger partial charge in [-0.1, -0.05) is 25.0 Å². The molecule has 0 saturated heterocycles. The van der Waals surface area contributed by atoms with Gasteiger partial charge in [-0.15, -0.1) is 11.3 Å². The summed E-state index contributed by atoms with van der Waals surface area (Å²) in [6.07, 6.45) is 5.27. The Morgan fingerprint density at radius 3 is 2.50 bits per heavy atom. The van der Waals surface area contributed by atoms with E-state index < -0.39 is 10.0 Å². The Labute approximate surface area is 145 Å². The van der Waals surface area contributed by atoms with Crippen molar-refractivity contribution in [1.29, 1.82) is 0 Å². The SMILES string of the molecule is CS(=O)(=O)Nc1ccc(-c2csc(NC(=O)C3CCCC3)n2)cc1. The summed E-state index contributed by atoms with van der Waals surface area (Å²) in [7, 11) is -3.28. The lowest BCUT2D eigenvalue weighted by atomic mass is 10.1. The highest BCUT2D eigenvalue weighted by molar-refractivity contribution is 7.92. The minimum atomic E-state index is -3.28. The average molecular weight is 365 g/mol. The van der Waals surface area contributed by atoms with Crippen LogP contribution in [0.4, 0.5) is 10.8 Å². The van der Waals surface area contributed by atoms with Crippen molar-refractivity contribution >= 4 is 38.1 Å². The van der Waals surface area contributed by atoms with Gasteiger partial charge in [-0.25, -0.2) is 13.4 Å². The summed E-state index contributed by atoms with van der Waals surface area (Å²) in [6, 6.07) is 6.97. The van der Waals surface area contributed by atoms with Crippen LogP contribution in [0.15, 0.2) is 29.6 Å². The maximum atomic E-state index is 12.1. The summed E-state index contributed by atoms with van der Waals surface area (Å²) in [4.78, 5) is 16.6. The minimum Gasteiger partial charge on any atom is -0.302 e. The topological polar surface area (TPSA) is 88.2 Å². The highest BCUT2D eigenvalue weighted by Gasteiger charge is 2.23. The first kappa shape index (κ1) is 16.9. The Balaban J connectivity index is 1.67. The van der Waals surface area contributed by atoms with Gasteiger partial charge in [0.1, 0.15) is 0 Å². The number of aromatic nitrogens is 1. The van der Waals surface area contributed by atoms with Crippen LogP contribution in [0, 0.1) is 5.92 Å². The highest BCUT2D eigenvalue weighted by Crippen LogP contribution is 2.29. The first-order chi connectivity index (χ1) is 11.4. The number of carbonyl (C=O) groups is 1. The van der Waals surface area contributed by atoms with E-state index in [9.17, 15) is 13.2 Å². The fourth-order valence-electron chi connectivity index (χ4n) is 2.78. The van der Waals surface area contributed by atoms with E-state index in [4.69, 9.17) is 0 Å². The van der Waals surface area contributed by atoms with E-state index in [1.165, 1.54) is 11.3 Å². The highest BCUT2D eigenvalue weighted by atomic mass is 32.2. The molecule has 1 saturated carbocycles. The van der Waals surface area contributed by atoms with E-state index in [0.717, 1.165) is 43.2 Å². The molecule has 1 heterocycles. The van der Waals surface area contributed by atoms with Gasteiger partial charge in [0.15, 0.2) is 5.13 Å². The van der Waals surface area contributed by atoms with Crippen molar-refractivity contribution in [3.05, 3.63) is 29.6 Å². The quantitative estimate of drug-likeness (QED) is 0.851. The number of anilines is 2. The van der Waals surface area contributed by atoms with E-state index in [0.29, 0.717) is 10.8 Å². The van der Waals surface area contributed by atoms with Crippen LogP contribution in [0.3, 0.4) is 0 Å². The van der Waals surface area contributed by atoms with Gasteiger partial charge in [0.25, 0.3) is 0 Å². The second-order valence-electron chi connectivity index (χ2n) is 5.96. The van der Waals surface area contributed by atoms with Crippen LogP contribution < -0.4 is 10.0 Å². The molecule has 0 unspecified atom stereocenters. The molecule has 0 atom stereocenters. The molecule has 1 aliphatic rings. The lowest BCUT2D eigenvalue weighted by Gasteiger charge is -2.07. The summed E-state index contributed by atoms with van der Waals surface area (Å²) >= 11 is 1.39. The fraction of sp³-hybridized carbons (Fsp3) is 0.375. The average Bonchev–Trinajstić information content (AvgIpc) is 3.17. The fourth-order valence-corrected chi connectivity index (χ4v) is 4.07. The molecule has 1 aromatic heterocycles. The number of amides is 1. The van der Waals surface area contributed by atoms with E-state index in [1.54, 1.807) is 24.3 Å². The Bertz CT molecular complexity index is 823. The summed E-state index contributed by atoms with van der Waals surface area (Å²) in [5.74, 6) is 0.166. The zero-order chi connectivity index (χ0) is 17.2. The van der Waals surface area contributed by atoms with Gasteiger partial charge in [0.05, 0.1) is 11.9 Å². The molecule has 1 amide bonds. The van der Waals surface area contributed by atoms with Crippen LogP contribution in [-0.2, 0) is 14.8 Å². The summed E-state index contributed by atoms with van der Waals surface area (Å²) in [5, 5.41) is 5.37. The van der Waals surface area contributed by atoms with Crippen molar-refractivity contribution in [2.75, 3.05) is 16.3 Å². The zero-order valence-electron chi connectivity index (χ0n) is 13.3. The van der Waals surface area contributed by atoms with Crippen molar-refractivity contribution in [3.63, 3.8) is 0 Å². The molecule has 6 nitrogen and oxygen atoms in total. The molecule has 1 aromatic carbocycles. The van der Waals surface area contributed by atoms with Crippen LogP contribution in [0.1, 0.15) is 25.7 Å². The molecule has 2 aromatic rings. The zero-order valence-corrected chi connectivity index (χ0v) is 14.9. The summed E-state index contributed by atoms with van der Waals surface area (Å²) in [5.41, 5.74) is 2.13. The van der Waals surface area contributed by atoms with Crippen LogP contribution in [0.25, 0.3) is 11.3 Å². The summed E-state index contributed by atoms with van der Waals surface area (Å²) < 4.78 is 24.8. The van der Waals surface area contributed by atoms with Crippen LogP contribution in [0.2, 0.25) is 0 Å². The standard InChI is InChI=1S/C16H19N3O3S2/c1-24(21,22)19-13-8-6-11(7-9-13)14-10-23-16(17-14)18-15(20)12-4-2-3-5-12/h6-10,12,19H,2-5H2,1H3,(H,17,18,20). The van der Waals surface area contributed by atoms with E-state index in [-0.39, 0.29) is 11.8 Å². The molecule has 0 spiro atoms. The Hall–Kier alpha value is -1.93. The number of sulfonamides is 1. The minimum absolute atomic E-state index is 0.0566. The third-order valence-corrected chi connectivity index (χ3v) is 5.31. The van der Waals surface area contributed by atoms with Crippen molar-refractivity contribution in [2.45, 2.75) is 25.7 Å². The number of benzene rings is 1. The summed E-state index contributed by atoms with van der Waals surface area (Å²) in [6.45, 7) is 0. The second-order valence-corrected chi connectivity index (χ2v) is 8.57. The largest absolute Gasteiger partial charge is 0.302 e. The van der Waals surface area contributed by atoms with Gasteiger partial charge in [-0.3, -0.25) is 9.52 Å². The lowest BCUT2D eigenvalue weighted by molar-refractivity contribution is -0.119. The molecule has 0 bridgehead atoms. The number of hydrogen-bond acceptors (Lipinski definition) is 5. The van der Waals surface area contributed by atoms with Crippen molar-refractivity contribution in [2.24, 2.45) is 5.92 Å². The van der Waals surface area contributed by atoms with Crippen molar-refractivity contribution in [1.82, 2.24) is 4.98 Å². The monoisotopic (exact) mass is 365 g/mol. The Morgan fingerprint density at radius 1 is 1.21 bits per heavy atom. The Morgan fingerprint density at radius 2 is 1.88 bits per heavy atom. The van der Waals surface area contributed by atoms with E-state index >= 15 is 0 Å². The van der Waals surface area contributed by atoms with Crippen molar-refractivity contribution in [3.8, 4) is 11.3 Å². The lowest BCUT2D eigenvalue weighted by Crippen LogP contribution is -2.20. The molecule has 0 aliphatic heterocycles. The van der Waals surface area contributed by atoms with Gasteiger partial charge in [0.2, 0.25) is 15.9 Å². The van der Waals surface area contributed by atoms with Gasteiger partial charge in [0, 0.05) is 22.5 Å². The maximum absolute atomic E-state index is 12.1. The number of carbonyl (C=O) groups excluding carboxylic acids is 1. The van der Waals surface area contributed by atoms with E-state index in [2.05, 4.69) is 15.0 Å². The van der Waals surface area contributed by atoms with E-state index in [1.807, 2.05) is 5.38 Å². The van der Waals surface area contributed by atoms with Gasteiger partial charge in [-0.05, 0) is 25.0 Å². The normalized spacial score (nSPS) is 15.4. The van der Waals surface area contributed by atoms with Gasteiger partial charge in [-0.2, -0.15) is 0 Å². The molecule has 128 valence electrons. The number of nitrogens with one attached hydrogen (secondary N) is 2. The van der Waals surface area contributed by atoms with Crippen molar-refractivity contribution < 1.29 is 13.2 Å². The molecule has 8 heteroatoms. The number of hydrogen-bond donors (Lipinski definition) is 2. The van der Waals surface area contributed by atoms with Crippen LogP contribution in [0.5, 0.6) is 0 Å². The Kier molecular flexibility index (Phi) is 4.86. The number of thiazole rings is 1. The predicted octanol–water partition coefficient (Wildman–Crippen LogP) is 3.31. The van der Waals surface area contributed by atoms with Gasteiger partial charge >= 0.3 is 0 Å². The number of nitrogens with zero attached hydrogens (tertiary/aromatic N) is 1. The molecule has 2 N–H and O–H groups in total. The molecule has 24 heavy (non-hydrogen) atoms. The van der Waals surface area contributed by atoms with Crippen LogP contribution in [-0.4, -0.2) is 25.6 Å². The second kappa shape index (κ2) is 6.90. The third-order valence-electron chi connectivity index (χ3n) is 3.94. The number of rotatable bonds is 5. The molecular weight excluding hydrogens is 346 g/mol. The first-order valence-corrected chi connectivity index (χ1v) is 10.5. The molecular formula is C16H19N3O3S2. The molecule has 3 rings (SSSR count). The first-order valence-electron chi connectivity index (χ1n) is 7.75. The molecule has 1 fully saturated rings. The smallest absolute Gasteiger partial charge is 0.229 e. The predicted molar refractivity (Wildman–Crippen MR) is 96.6 cm³/mol. The molecule has 0 radical (unpaired) electrons. The van der Waals surface area contributed by atoms with Gasteiger partial charge < -0.3 is 5.32 Å². The van der Waals surface area contributed by atoms with Crippen LogP contribution >= 0.6 is 11.3 Å². The third kappa shape index (κ3) is 4.33.